The van der Waals surface area contributed by atoms with Crippen LogP contribution in [0.25, 0.3) is 0 Å². The van der Waals surface area contributed by atoms with Crippen molar-refractivity contribution in [3.8, 4) is 5.75 Å². The number of nitrogens with one attached hydrogen (secondary N) is 1. The number of aromatic nitrogens is 1. The van der Waals surface area contributed by atoms with Gasteiger partial charge in [0.2, 0.25) is 5.91 Å². The first-order valence-corrected chi connectivity index (χ1v) is 5.82. The van der Waals surface area contributed by atoms with Gasteiger partial charge in [0, 0.05) is 11.9 Å². The summed E-state index contributed by atoms with van der Waals surface area (Å²) in [6, 6.07) is 8.88. The molecule has 0 aliphatic heterocycles. The Morgan fingerprint density at radius 1 is 1.20 bits per heavy atom. The molecule has 0 saturated heterocycles. The molecule has 6 nitrogen and oxygen atoms in total. The monoisotopic (exact) mass is 272 g/mol. The number of carbonyl (C=O) groups excluding carboxylic acids is 1. The largest absolute Gasteiger partial charge is 0.506 e. The minimum Gasteiger partial charge on any atom is -0.506 e. The molecule has 0 aliphatic rings. The van der Waals surface area contributed by atoms with Crippen LogP contribution in [0.1, 0.15) is 16.1 Å². The molecular weight excluding hydrogens is 260 g/mol. The molecule has 2 rings (SSSR count). The highest BCUT2D eigenvalue weighted by Crippen LogP contribution is 2.24. The molecule has 102 valence electrons. The predicted molar refractivity (Wildman–Crippen MR) is 71.6 cm³/mol. The zero-order valence-electron chi connectivity index (χ0n) is 10.4. The normalized spacial score (nSPS) is 10.0. The number of pyridine rings is 1. The Kier molecular flexibility index (Phi) is 3.95. The topological polar surface area (TPSA) is 99.5 Å². The lowest BCUT2D eigenvalue weighted by Gasteiger charge is -2.08. The molecule has 0 atom stereocenters. The van der Waals surface area contributed by atoms with Gasteiger partial charge in [0.15, 0.2) is 0 Å². The Morgan fingerprint density at radius 3 is 2.65 bits per heavy atom. The van der Waals surface area contributed by atoms with Gasteiger partial charge in [-0.2, -0.15) is 0 Å². The van der Waals surface area contributed by atoms with Crippen molar-refractivity contribution in [2.75, 3.05) is 5.32 Å². The van der Waals surface area contributed by atoms with Gasteiger partial charge in [0.25, 0.3) is 0 Å². The minimum absolute atomic E-state index is 0.0177. The van der Waals surface area contributed by atoms with E-state index in [9.17, 15) is 14.7 Å². The lowest BCUT2D eigenvalue weighted by Crippen LogP contribution is -2.15. The standard InChI is InChI=1S/C14H12N2O4/c17-12-5-4-9(14(19)20)7-11(12)16-13(18)8-10-3-1-2-6-15-10/h1-7,17H,8H2,(H,16,18)(H,19,20). The third-order valence-electron chi connectivity index (χ3n) is 2.59. The van der Waals surface area contributed by atoms with E-state index in [-0.39, 0.29) is 29.3 Å². The fourth-order valence-corrected chi connectivity index (χ4v) is 1.63. The number of phenols is 1. The molecule has 0 radical (unpaired) electrons. The number of nitrogens with zero attached hydrogens (tertiary/aromatic N) is 1. The van der Waals surface area contributed by atoms with Gasteiger partial charge in [-0.05, 0) is 30.3 Å². The number of hydrogen-bond donors (Lipinski definition) is 3. The Morgan fingerprint density at radius 2 is 2.00 bits per heavy atom. The van der Waals surface area contributed by atoms with Crippen molar-refractivity contribution < 1.29 is 19.8 Å². The summed E-state index contributed by atoms with van der Waals surface area (Å²) >= 11 is 0. The molecule has 1 aromatic carbocycles. The summed E-state index contributed by atoms with van der Waals surface area (Å²) in [4.78, 5) is 26.7. The molecule has 1 heterocycles. The highest BCUT2D eigenvalue weighted by atomic mass is 16.4. The number of aromatic carboxylic acids is 1. The highest BCUT2D eigenvalue weighted by molar-refractivity contribution is 5.96. The van der Waals surface area contributed by atoms with E-state index in [4.69, 9.17) is 5.11 Å². The van der Waals surface area contributed by atoms with Crippen molar-refractivity contribution in [3.63, 3.8) is 0 Å². The first-order valence-electron chi connectivity index (χ1n) is 5.82. The smallest absolute Gasteiger partial charge is 0.335 e. The van der Waals surface area contributed by atoms with Gasteiger partial charge < -0.3 is 15.5 Å². The number of phenolic OH excluding ortho intramolecular Hbond substituents is 1. The molecule has 0 saturated carbocycles. The summed E-state index contributed by atoms with van der Waals surface area (Å²) in [6.07, 6.45) is 1.61. The van der Waals surface area contributed by atoms with Gasteiger partial charge in [0.05, 0.1) is 17.7 Å². The van der Waals surface area contributed by atoms with Crippen molar-refractivity contribution in [1.29, 1.82) is 0 Å². The van der Waals surface area contributed by atoms with Crippen LogP contribution < -0.4 is 5.32 Å². The van der Waals surface area contributed by atoms with Crippen molar-refractivity contribution in [2.24, 2.45) is 0 Å². The molecule has 0 fully saturated rings. The third kappa shape index (κ3) is 3.32. The predicted octanol–water partition coefficient (Wildman–Crippen LogP) is 1.67. The number of aromatic hydroxyl groups is 1. The van der Waals surface area contributed by atoms with E-state index in [1.54, 1.807) is 24.4 Å². The number of amides is 1. The van der Waals surface area contributed by atoms with Gasteiger partial charge in [-0.1, -0.05) is 6.07 Å². The van der Waals surface area contributed by atoms with Gasteiger partial charge in [0.1, 0.15) is 5.75 Å². The fraction of sp³-hybridized carbons (Fsp3) is 0.0714. The van der Waals surface area contributed by atoms with Gasteiger partial charge in [-0.25, -0.2) is 4.79 Å². The summed E-state index contributed by atoms with van der Waals surface area (Å²) in [5, 5.41) is 20.9. The van der Waals surface area contributed by atoms with Crippen LogP contribution in [-0.2, 0) is 11.2 Å². The molecule has 1 aromatic heterocycles. The Hall–Kier alpha value is -2.89. The minimum atomic E-state index is -1.13. The molecule has 6 heteroatoms. The van der Waals surface area contributed by atoms with Crippen LogP contribution in [0.15, 0.2) is 42.6 Å². The van der Waals surface area contributed by atoms with Crippen molar-refractivity contribution in [1.82, 2.24) is 4.98 Å². The van der Waals surface area contributed by atoms with Crippen LogP contribution in [0.3, 0.4) is 0 Å². The Labute approximate surface area is 114 Å². The number of anilines is 1. The molecule has 0 spiro atoms. The average molecular weight is 272 g/mol. The van der Waals surface area contributed by atoms with Crippen LogP contribution in [-0.4, -0.2) is 27.1 Å². The summed E-state index contributed by atoms with van der Waals surface area (Å²) in [5.41, 5.74) is 0.626. The van der Waals surface area contributed by atoms with Crippen LogP contribution in [0.4, 0.5) is 5.69 Å². The van der Waals surface area contributed by atoms with Gasteiger partial charge >= 0.3 is 5.97 Å². The van der Waals surface area contributed by atoms with E-state index in [0.717, 1.165) is 0 Å². The van der Waals surface area contributed by atoms with Crippen molar-refractivity contribution >= 4 is 17.6 Å². The van der Waals surface area contributed by atoms with Crippen LogP contribution in [0, 0.1) is 0 Å². The van der Waals surface area contributed by atoms with Crippen LogP contribution in [0.2, 0.25) is 0 Å². The van der Waals surface area contributed by atoms with Crippen molar-refractivity contribution in [2.45, 2.75) is 6.42 Å². The lowest BCUT2D eigenvalue weighted by molar-refractivity contribution is -0.115. The number of carboxylic acids is 1. The second kappa shape index (κ2) is 5.83. The van der Waals surface area contributed by atoms with E-state index < -0.39 is 5.97 Å². The average Bonchev–Trinajstić information content (AvgIpc) is 2.42. The second-order valence-corrected chi connectivity index (χ2v) is 4.08. The quantitative estimate of drug-likeness (QED) is 0.735. The SMILES string of the molecule is O=C(Cc1ccccn1)Nc1cc(C(=O)O)ccc1O. The first-order chi connectivity index (χ1) is 9.56. The molecule has 0 aliphatic carbocycles. The molecular formula is C14H12N2O4. The summed E-state index contributed by atoms with van der Waals surface area (Å²) < 4.78 is 0. The van der Waals surface area contributed by atoms with E-state index >= 15 is 0 Å². The Balaban J connectivity index is 2.11. The van der Waals surface area contributed by atoms with Gasteiger partial charge in [-0.15, -0.1) is 0 Å². The molecule has 3 N–H and O–H groups in total. The van der Waals surface area contributed by atoms with E-state index in [0.29, 0.717) is 5.69 Å². The lowest BCUT2D eigenvalue weighted by atomic mass is 10.2. The Bertz CT molecular complexity index is 641. The molecule has 2 aromatic rings. The van der Waals surface area contributed by atoms with Crippen molar-refractivity contribution in [3.05, 3.63) is 53.9 Å². The molecule has 1 amide bonds. The van der Waals surface area contributed by atoms with E-state index in [2.05, 4.69) is 10.3 Å². The number of rotatable bonds is 4. The highest BCUT2D eigenvalue weighted by Gasteiger charge is 2.11. The van der Waals surface area contributed by atoms with Crippen LogP contribution >= 0.6 is 0 Å². The third-order valence-corrected chi connectivity index (χ3v) is 2.59. The number of carboxylic acid groups (broad SMARTS) is 1. The number of carbonyl (C=O) groups is 2. The first kappa shape index (κ1) is 13.5. The van der Waals surface area contributed by atoms with E-state index in [1.165, 1.54) is 18.2 Å². The summed E-state index contributed by atoms with van der Waals surface area (Å²) in [5.74, 6) is -1.71. The number of hydrogen-bond acceptors (Lipinski definition) is 4. The van der Waals surface area contributed by atoms with Crippen LogP contribution in [0.5, 0.6) is 5.75 Å². The molecule has 0 bridgehead atoms. The maximum Gasteiger partial charge on any atom is 0.335 e. The molecule has 0 unspecified atom stereocenters. The number of benzene rings is 1. The summed E-state index contributed by atoms with van der Waals surface area (Å²) in [6.45, 7) is 0. The fourth-order valence-electron chi connectivity index (χ4n) is 1.63. The van der Waals surface area contributed by atoms with Gasteiger partial charge in [-0.3, -0.25) is 9.78 Å². The van der Waals surface area contributed by atoms with E-state index in [1.807, 2.05) is 0 Å². The molecule has 20 heavy (non-hydrogen) atoms. The zero-order valence-corrected chi connectivity index (χ0v) is 10.4. The second-order valence-electron chi connectivity index (χ2n) is 4.08. The maximum absolute atomic E-state index is 11.8. The summed E-state index contributed by atoms with van der Waals surface area (Å²) in [7, 11) is 0. The maximum atomic E-state index is 11.8. The zero-order chi connectivity index (χ0) is 14.5.